The lowest BCUT2D eigenvalue weighted by molar-refractivity contribution is -0.119. The van der Waals surface area contributed by atoms with Crippen molar-refractivity contribution in [1.29, 1.82) is 0 Å². The largest absolute Gasteiger partial charge is 0.492 e. The number of likely N-dealkylation sites (N-methyl/N-ethyl adjacent to an activating group) is 1. The Morgan fingerprint density at radius 3 is 2.62 bits per heavy atom. The zero-order valence-corrected chi connectivity index (χ0v) is 25.2. The number of fused-ring (bicyclic) bond motifs is 2. The van der Waals surface area contributed by atoms with Gasteiger partial charge in [-0.1, -0.05) is 18.9 Å². The van der Waals surface area contributed by atoms with Crippen LogP contribution in [-0.2, 0) is 4.79 Å². The summed E-state index contributed by atoms with van der Waals surface area (Å²) in [6, 6.07) is 14.8. The number of amides is 1. The van der Waals surface area contributed by atoms with E-state index in [-0.39, 0.29) is 17.6 Å². The number of benzene rings is 2. The lowest BCUT2D eigenvalue weighted by Crippen LogP contribution is -2.20. The average molecular weight is 604 g/mol. The van der Waals surface area contributed by atoms with Crippen molar-refractivity contribution in [1.82, 2.24) is 30.0 Å². The normalized spacial score (nSPS) is 13.7. The molecule has 0 aliphatic heterocycles. The average Bonchev–Trinajstić information content (AvgIpc) is 3.80. The molecule has 0 atom stereocenters. The van der Waals surface area contributed by atoms with Crippen molar-refractivity contribution in [2.75, 3.05) is 32.6 Å². The fourth-order valence-corrected chi connectivity index (χ4v) is 6.05. The molecule has 228 valence electrons. The number of nitrogens with one attached hydrogen (secondary N) is 3. The minimum atomic E-state index is -0.373. The molecule has 0 spiro atoms. The van der Waals surface area contributed by atoms with E-state index in [4.69, 9.17) is 4.74 Å². The van der Waals surface area contributed by atoms with Gasteiger partial charge >= 0.3 is 0 Å². The maximum atomic E-state index is 14.7. The summed E-state index contributed by atoms with van der Waals surface area (Å²) < 4.78 is 20.5. The van der Waals surface area contributed by atoms with Crippen LogP contribution in [0.5, 0.6) is 5.75 Å². The van der Waals surface area contributed by atoms with Gasteiger partial charge in [-0.2, -0.15) is 5.10 Å². The van der Waals surface area contributed by atoms with E-state index in [1.807, 2.05) is 49.3 Å². The first-order valence-corrected chi connectivity index (χ1v) is 15.2. The van der Waals surface area contributed by atoms with E-state index in [0.29, 0.717) is 23.6 Å². The summed E-state index contributed by atoms with van der Waals surface area (Å²) >= 11 is 0. The van der Waals surface area contributed by atoms with Crippen LogP contribution in [0.4, 0.5) is 10.1 Å². The molecule has 1 fully saturated rings. The Labute approximate surface area is 259 Å². The summed E-state index contributed by atoms with van der Waals surface area (Å²) in [5.41, 5.74) is 7.25. The van der Waals surface area contributed by atoms with Crippen LogP contribution in [0.2, 0.25) is 0 Å². The molecule has 10 heteroatoms. The van der Waals surface area contributed by atoms with Crippen LogP contribution < -0.4 is 10.1 Å². The summed E-state index contributed by atoms with van der Waals surface area (Å²) in [6.45, 7) is 1.18. The molecule has 6 aromatic rings. The number of nitrogens with zero attached hydrogens (tertiary/aromatic N) is 4. The number of H-pyrrole nitrogens is 2. The number of carbonyl (C=O) groups is 1. The van der Waals surface area contributed by atoms with Crippen molar-refractivity contribution < 1.29 is 13.9 Å². The summed E-state index contributed by atoms with van der Waals surface area (Å²) in [7, 11) is 3.93. The fourth-order valence-electron chi connectivity index (χ4n) is 6.05. The third kappa shape index (κ3) is 6.01. The number of halogens is 1. The standard InChI is InChI=1S/C35H34FN7O2/c1-43(2)9-10-45-27-13-23(11-25(36)15-27)30-19-38-20-33-28(30)16-32(40-33)34-29-14-22(7-8-31(29)41-42-34)24-12-26(18-37-17-24)39-35(44)21-5-3-4-6-21/h7-8,11-21,40H,3-6,9-10H2,1-2H3,(H,39,44)(H,41,42). The molecule has 9 nitrogen and oxygen atoms in total. The molecule has 0 unspecified atom stereocenters. The topological polar surface area (TPSA) is 112 Å². The number of ether oxygens (including phenoxy) is 1. The number of aromatic amines is 2. The van der Waals surface area contributed by atoms with Crippen molar-refractivity contribution >= 4 is 33.4 Å². The third-order valence-electron chi connectivity index (χ3n) is 8.42. The number of carbonyl (C=O) groups excluding carboxylic acids is 1. The molecule has 45 heavy (non-hydrogen) atoms. The zero-order valence-electron chi connectivity index (χ0n) is 25.2. The summed E-state index contributed by atoms with van der Waals surface area (Å²) in [6.07, 6.45) is 11.1. The predicted octanol–water partition coefficient (Wildman–Crippen LogP) is 7.04. The van der Waals surface area contributed by atoms with Gasteiger partial charge in [0.1, 0.15) is 23.9 Å². The number of pyridine rings is 2. The highest BCUT2D eigenvalue weighted by molar-refractivity contribution is 6.01. The predicted molar refractivity (Wildman–Crippen MR) is 174 cm³/mol. The Morgan fingerprint density at radius 1 is 0.933 bits per heavy atom. The van der Waals surface area contributed by atoms with Gasteiger partial charge in [0, 0.05) is 52.8 Å². The van der Waals surface area contributed by atoms with Crippen LogP contribution in [0.25, 0.3) is 55.4 Å². The molecule has 0 bridgehead atoms. The van der Waals surface area contributed by atoms with Crippen molar-refractivity contribution in [2.24, 2.45) is 5.92 Å². The molecule has 2 aromatic carbocycles. The van der Waals surface area contributed by atoms with E-state index < -0.39 is 0 Å². The van der Waals surface area contributed by atoms with Crippen LogP contribution in [0.3, 0.4) is 0 Å². The lowest BCUT2D eigenvalue weighted by Gasteiger charge is -2.12. The number of aromatic nitrogens is 5. The van der Waals surface area contributed by atoms with Gasteiger partial charge in [-0.3, -0.25) is 19.9 Å². The van der Waals surface area contributed by atoms with E-state index in [2.05, 4.69) is 36.5 Å². The van der Waals surface area contributed by atoms with E-state index in [1.54, 1.807) is 24.8 Å². The van der Waals surface area contributed by atoms with Crippen LogP contribution in [0.1, 0.15) is 25.7 Å². The maximum absolute atomic E-state index is 14.7. The molecule has 1 aliphatic carbocycles. The highest BCUT2D eigenvalue weighted by Crippen LogP contribution is 2.36. The molecule has 0 radical (unpaired) electrons. The van der Waals surface area contributed by atoms with Gasteiger partial charge in [0.25, 0.3) is 0 Å². The van der Waals surface area contributed by atoms with Gasteiger partial charge in [0.05, 0.1) is 34.8 Å². The molecule has 4 heterocycles. The lowest BCUT2D eigenvalue weighted by atomic mass is 10.0. The molecule has 1 amide bonds. The number of hydrogen-bond acceptors (Lipinski definition) is 6. The van der Waals surface area contributed by atoms with E-state index in [9.17, 15) is 9.18 Å². The van der Waals surface area contributed by atoms with E-state index >= 15 is 0 Å². The van der Waals surface area contributed by atoms with Crippen LogP contribution in [0.15, 0.2) is 73.3 Å². The quantitative estimate of drug-likeness (QED) is 0.163. The van der Waals surface area contributed by atoms with Gasteiger partial charge in [-0.05, 0) is 74.5 Å². The SMILES string of the molecule is CN(C)CCOc1cc(F)cc(-c2cncc3[nH]c(-c4n[nH]c5ccc(-c6cncc(NC(=O)C7CCCC7)c6)cc45)cc23)c1. The third-order valence-corrected chi connectivity index (χ3v) is 8.42. The molecule has 3 N–H and O–H groups in total. The van der Waals surface area contributed by atoms with Gasteiger partial charge < -0.3 is 19.9 Å². The summed E-state index contributed by atoms with van der Waals surface area (Å²) in [5, 5.41) is 12.7. The zero-order chi connectivity index (χ0) is 30.9. The molecule has 1 aliphatic rings. The van der Waals surface area contributed by atoms with Gasteiger partial charge in [-0.15, -0.1) is 0 Å². The van der Waals surface area contributed by atoms with Crippen molar-refractivity contribution in [3.8, 4) is 39.4 Å². The summed E-state index contributed by atoms with van der Waals surface area (Å²) in [4.78, 5) is 27.0. The molecular formula is C35H34FN7O2. The Hall–Kier alpha value is -5.09. The first kappa shape index (κ1) is 28.7. The van der Waals surface area contributed by atoms with E-state index in [0.717, 1.165) is 82.1 Å². The highest BCUT2D eigenvalue weighted by atomic mass is 19.1. The van der Waals surface area contributed by atoms with Gasteiger partial charge in [0.2, 0.25) is 5.91 Å². The Balaban J connectivity index is 1.20. The molecular weight excluding hydrogens is 569 g/mol. The molecule has 1 saturated carbocycles. The van der Waals surface area contributed by atoms with Crippen molar-refractivity contribution in [2.45, 2.75) is 25.7 Å². The molecule has 7 rings (SSSR count). The first-order chi connectivity index (χ1) is 21.9. The smallest absolute Gasteiger partial charge is 0.227 e. The number of hydrogen-bond donors (Lipinski definition) is 3. The highest BCUT2D eigenvalue weighted by Gasteiger charge is 2.23. The second-order valence-corrected chi connectivity index (χ2v) is 11.9. The van der Waals surface area contributed by atoms with Crippen molar-refractivity contribution in [3.05, 3.63) is 79.1 Å². The molecule has 0 saturated heterocycles. The Bertz CT molecular complexity index is 2010. The molecule has 4 aromatic heterocycles. The Morgan fingerprint density at radius 2 is 1.78 bits per heavy atom. The second kappa shape index (κ2) is 12.1. The second-order valence-electron chi connectivity index (χ2n) is 11.9. The van der Waals surface area contributed by atoms with E-state index in [1.165, 1.54) is 12.1 Å². The Kier molecular flexibility index (Phi) is 7.72. The summed E-state index contributed by atoms with van der Waals surface area (Å²) in [5.74, 6) is 0.248. The minimum Gasteiger partial charge on any atom is -0.492 e. The fraction of sp³-hybridized carbons (Fsp3) is 0.257. The van der Waals surface area contributed by atoms with Crippen molar-refractivity contribution in [3.63, 3.8) is 0 Å². The monoisotopic (exact) mass is 603 g/mol. The van der Waals surface area contributed by atoms with Crippen LogP contribution >= 0.6 is 0 Å². The minimum absolute atomic E-state index is 0.0676. The maximum Gasteiger partial charge on any atom is 0.227 e. The van der Waals surface area contributed by atoms with Gasteiger partial charge in [-0.25, -0.2) is 4.39 Å². The number of rotatable bonds is 9. The van der Waals surface area contributed by atoms with Gasteiger partial charge in [0.15, 0.2) is 0 Å². The van der Waals surface area contributed by atoms with Crippen LogP contribution in [0, 0.1) is 11.7 Å². The first-order valence-electron chi connectivity index (χ1n) is 15.2. The van der Waals surface area contributed by atoms with Crippen LogP contribution in [-0.4, -0.2) is 63.2 Å². The number of anilines is 1.